The Kier molecular flexibility index (Phi) is 6.27. The first-order chi connectivity index (χ1) is 12.6. The summed E-state index contributed by atoms with van der Waals surface area (Å²) in [6, 6.07) is 15.5. The molecule has 0 spiro atoms. The average molecular weight is 462 g/mol. The number of nitrogens with one attached hydrogen (secondary N) is 2. The van der Waals surface area contributed by atoms with Crippen LogP contribution in [0.5, 0.6) is 0 Å². The number of aromatic amines is 1. The second-order valence-corrected chi connectivity index (χ2v) is 7.17. The van der Waals surface area contributed by atoms with E-state index >= 15 is 0 Å². The first-order valence-electron chi connectivity index (χ1n) is 8.38. The molecule has 0 saturated carbocycles. The molecule has 134 valence electrons. The maximum Gasteiger partial charge on any atom is 0.306 e. The molecule has 3 aromatic rings. The summed E-state index contributed by atoms with van der Waals surface area (Å²) >= 11 is 2.19. The molecule has 1 heterocycles. The first-order valence-corrected chi connectivity index (χ1v) is 9.46. The van der Waals surface area contributed by atoms with Crippen molar-refractivity contribution in [3.63, 3.8) is 0 Å². The molecular weight excluding hydrogens is 443 g/mol. The normalized spacial score (nSPS) is 10.7. The van der Waals surface area contributed by atoms with Gasteiger partial charge >= 0.3 is 5.97 Å². The van der Waals surface area contributed by atoms with Gasteiger partial charge in [0.1, 0.15) is 0 Å². The van der Waals surface area contributed by atoms with Crippen molar-refractivity contribution in [2.75, 3.05) is 11.9 Å². The van der Waals surface area contributed by atoms with Crippen LogP contribution < -0.4 is 5.32 Å². The van der Waals surface area contributed by atoms with Gasteiger partial charge in [0, 0.05) is 32.8 Å². The number of aryl methyl sites for hydroxylation is 1. The molecule has 0 fully saturated rings. The van der Waals surface area contributed by atoms with Gasteiger partial charge in [-0.25, -0.2) is 0 Å². The zero-order chi connectivity index (χ0) is 18.4. The Morgan fingerprint density at radius 2 is 1.85 bits per heavy atom. The van der Waals surface area contributed by atoms with Crippen LogP contribution in [0, 0.1) is 3.57 Å². The van der Waals surface area contributed by atoms with Crippen molar-refractivity contribution in [3.8, 4) is 0 Å². The van der Waals surface area contributed by atoms with Crippen LogP contribution in [0.25, 0.3) is 10.9 Å². The summed E-state index contributed by atoms with van der Waals surface area (Å²) < 4.78 is 6.13. The SMILES string of the molecule is O=C(COC(=O)CCCc1c[nH]c2ccccc12)Nc1ccc(I)cc1. The lowest BCUT2D eigenvalue weighted by atomic mass is 10.1. The molecule has 5 nitrogen and oxygen atoms in total. The number of halogens is 1. The van der Waals surface area contributed by atoms with Crippen LogP contribution in [0.3, 0.4) is 0 Å². The van der Waals surface area contributed by atoms with Crippen molar-refractivity contribution in [3.05, 3.63) is 63.9 Å². The molecule has 6 heteroatoms. The molecule has 0 radical (unpaired) electrons. The summed E-state index contributed by atoms with van der Waals surface area (Å²) in [6.45, 7) is -0.266. The van der Waals surface area contributed by atoms with Gasteiger partial charge in [-0.1, -0.05) is 18.2 Å². The molecule has 0 aliphatic heterocycles. The van der Waals surface area contributed by atoms with Crippen molar-refractivity contribution in [2.24, 2.45) is 0 Å². The fourth-order valence-electron chi connectivity index (χ4n) is 2.71. The molecule has 0 aliphatic rings. The highest BCUT2D eigenvalue weighted by Crippen LogP contribution is 2.19. The maximum atomic E-state index is 11.8. The van der Waals surface area contributed by atoms with Gasteiger partial charge in [-0.2, -0.15) is 0 Å². The Hall–Kier alpha value is -2.35. The van der Waals surface area contributed by atoms with Gasteiger partial charge in [-0.15, -0.1) is 0 Å². The van der Waals surface area contributed by atoms with Gasteiger partial charge in [0.05, 0.1) is 0 Å². The number of hydrogen-bond donors (Lipinski definition) is 2. The minimum absolute atomic E-state index is 0.266. The minimum Gasteiger partial charge on any atom is -0.456 e. The second kappa shape index (κ2) is 8.84. The van der Waals surface area contributed by atoms with Crippen molar-refractivity contribution < 1.29 is 14.3 Å². The van der Waals surface area contributed by atoms with E-state index in [0.717, 1.165) is 15.5 Å². The molecule has 2 N–H and O–H groups in total. The van der Waals surface area contributed by atoms with Gasteiger partial charge in [-0.3, -0.25) is 9.59 Å². The van der Waals surface area contributed by atoms with E-state index in [2.05, 4.69) is 39.0 Å². The minimum atomic E-state index is -0.359. The largest absolute Gasteiger partial charge is 0.456 e. The summed E-state index contributed by atoms with van der Waals surface area (Å²) in [4.78, 5) is 26.9. The first kappa shape index (κ1) is 18.4. The van der Waals surface area contributed by atoms with Gasteiger partial charge in [-0.05, 0) is 71.3 Å². The van der Waals surface area contributed by atoms with Crippen LogP contribution in [0.1, 0.15) is 18.4 Å². The molecule has 0 unspecified atom stereocenters. The Morgan fingerprint density at radius 1 is 1.08 bits per heavy atom. The zero-order valence-electron chi connectivity index (χ0n) is 14.1. The number of amides is 1. The summed E-state index contributed by atoms with van der Waals surface area (Å²) in [5.41, 5.74) is 2.97. The lowest BCUT2D eigenvalue weighted by Gasteiger charge is -2.07. The molecule has 2 aromatic carbocycles. The van der Waals surface area contributed by atoms with E-state index < -0.39 is 0 Å². The van der Waals surface area contributed by atoms with Gasteiger partial charge in [0.15, 0.2) is 6.61 Å². The molecule has 1 aromatic heterocycles. The fourth-order valence-corrected chi connectivity index (χ4v) is 3.07. The third kappa shape index (κ3) is 5.08. The molecule has 0 saturated heterocycles. The quantitative estimate of drug-likeness (QED) is 0.407. The van der Waals surface area contributed by atoms with E-state index in [1.165, 1.54) is 10.9 Å². The number of ether oxygens (including phenoxy) is 1. The van der Waals surface area contributed by atoms with Crippen LogP contribution in [0.4, 0.5) is 5.69 Å². The van der Waals surface area contributed by atoms with E-state index in [1.807, 2.05) is 48.7 Å². The molecule has 3 rings (SSSR count). The number of para-hydroxylation sites is 1. The third-order valence-corrected chi connectivity index (χ3v) is 4.71. The molecule has 0 atom stereocenters. The van der Waals surface area contributed by atoms with Crippen LogP contribution in [-0.2, 0) is 20.7 Å². The summed E-state index contributed by atoms with van der Waals surface area (Å²) in [6.07, 6.45) is 3.73. The number of anilines is 1. The molecule has 1 amide bonds. The number of benzene rings is 2. The van der Waals surface area contributed by atoms with E-state index in [0.29, 0.717) is 12.1 Å². The standard InChI is InChI=1S/C20H19IN2O3/c21-15-8-10-16(11-9-15)23-19(24)13-26-20(25)7-3-4-14-12-22-18-6-2-1-5-17(14)18/h1-2,5-6,8-12,22H,3-4,7,13H2,(H,23,24). The average Bonchev–Trinajstić information content (AvgIpc) is 3.05. The van der Waals surface area contributed by atoms with Gasteiger partial charge in [0.25, 0.3) is 5.91 Å². The Balaban J connectivity index is 1.38. The number of fused-ring (bicyclic) bond motifs is 1. The van der Waals surface area contributed by atoms with Crippen molar-refractivity contribution in [1.29, 1.82) is 0 Å². The number of carbonyl (C=O) groups excluding carboxylic acids is 2. The molecular formula is C20H19IN2O3. The van der Waals surface area contributed by atoms with E-state index in [1.54, 1.807) is 0 Å². The summed E-state index contributed by atoms with van der Waals surface area (Å²) in [5.74, 6) is -0.696. The van der Waals surface area contributed by atoms with Crippen LogP contribution in [0.2, 0.25) is 0 Å². The smallest absolute Gasteiger partial charge is 0.306 e. The maximum absolute atomic E-state index is 11.8. The highest BCUT2D eigenvalue weighted by atomic mass is 127. The highest BCUT2D eigenvalue weighted by molar-refractivity contribution is 14.1. The third-order valence-electron chi connectivity index (χ3n) is 3.99. The lowest BCUT2D eigenvalue weighted by Crippen LogP contribution is -2.20. The van der Waals surface area contributed by atoms with Crippen LogP contribution in [0.15, 0.2) is 54.7 Å². The van der Waals surface area contributed by atoms with Gasteiger partial charge < -0.3 is 15.0 Å². The van der Waals surface area contributed by atoms with Crippen molar-refractivity contribution in [2.45, 2.75) is 19.3 Å². The predicted molar refractivity (Wildman–Crippen MR) is 110 cm³/mol. The van der Waals surface area contributed by atoms with Crippen LogP contribution >= 0.6 is 22.6 Å². The van der Waals surface area contributed by atoms with Crippen molar-refractivity contribution in [1.82, 2.24) is 4.98 Å². The summed E-state index contributed by atoms with van der Waals surface area (Å²) in [5, 5.41) is 3.88. The predicted octanol–water partition coefficient (Wildman–Crippen LogP) is 4.28. The number of H-pyrrole nitrogens is 1. The van der Waals surface area contributed by atoms with E-state index in [4.69, 9.17) is 4.74 Å². The molecule has 0 bridgehead atoms. The number of aromatic nitrogens is 1. The summed E-state index contributed by atoms with van der Waals surface area (Å²) in [7, 11) is 0. The second-order valence-electron chi connectivity index (χ2n) is 5.93. The number of esters is 1. The fraction of sp³-hybridized carbons (Fsp3) is 0.200. The number of carbonyl (C=O) groups is 2. The monoisotopic (exact) mass is 462 g/mol. The Labute approximate surface area is 165 Å². The zero-order valence-corrected chi connectivity index (χ0v) is 16.3. The lowest BCUT2D eigenvalue weighted by molar-refractivity contribution is -0.147. The number of hydrogen-bond acceptors (Lipinski definition) is 3. The van der Waals surface area contributed by atoms with Crippen molar-refractivity contribution >= 4 is 51.1 Å². The van der Waals surface area contributed by atoms with E-state index in [9.17, 15) is 9.59 Å². The van der Waals surface area contributed by atoms with E-state index in [-0.39, 0.29) is 24.9 Å². The van der Waals surface area contributed by atoms with Crippen LogP contribution in [-0.4, -0.2) is 23.5 Å². The highest BCUT2D eigenvalue weighted by Gasteiger charge is 2.09. The Bertz CT molecular complexity index is 903. The topological polar surface area (TPSA) is 71.2 Å². The Morgan fingerprint density at radius 3 is 2.65 bits per heavy atom. The number of rotatable bonds is 7. The van der Waals surface area contributed by atoms with Gasteiger partial charge in [0.2, 0.25) is 0 Å². The molecule has 0 aliphatic carbocycles. The molecule has 26 heavy (non-hydrogen) atoms.